The number of pyridine rings is 2. The maximum Gasteiger partial charge on any atom is 0.170 e. The van der Waals surface area contributed by atoms with Crippen LogP contribution in [0.4, 0.5) is 0 Å². The van der Waals surface area contributed by atoms with Gasteiger partial charge >= 0.3 is 0 Å². The van der Waals surface area contributed by atoms with Crippen LogP contribution in [-0.4, -0.2) is 25.6 Å². The second kappa shape index (κ2) is 6.75. The lowest BCUT2D eigenvalue weighted by Crippen LogP contribution is -2.37. The topological polar surface area (TPSA) is 69.1 Å². The summed E-state index contributed by atoms with van der Waals surface area (Å²) in [5.41, 5.74) is 13.8. The van der Waals surface area contributed by atoms with Gasteiger partial charge in [-0.25, -0.2) is 4.98 Å². The molecule has 5 nitrogen and oxygen atoms in total. The highest BCUT2D eigenvalue weighted by atomic mass is 15.2. The summed E-state index contributed by atoms with van der Waals surface area (Å²) in [7, 11) is 0. The van der Waals surface area contributed by atoms with Crippen molar-refractivity contribution in [3.8, 4) is 22.4 Å². The molecule has 3 aromatic heterocycles. The minimum absolute atomic E-state index is 0.224. The lowest BCUT2D eigenvalue weighted by atomic mass is 9.73. The van der Waals surface area contributed by atoms with Gasteiger partial charge in [-0.15, -0.1) is 10.2 Å². The molecule has 0 amide bonds. The molecule has 5 aromatic rings. The van der Waals surface area contributed by atoms with Crippen LogP contribution in [0.2, 0.25) is 0 Å². The highest BCUT2D eigenvalue weighted by molar-refractivity contribution is 5.98. The minimum Gasteiger partial charge on any atom is -0.327 e. The average Bonchev–Trinajstić information content (AvgIpc) is 3.27. The third-order valence-corrected chi connectivity index (χ3v) is 6.29. The van der Waals surface area contributed by atoms with Gasteiger partial charge in [0.2, 0.25) is 0 Å². The van der Waals surface area contributed by atoms with Gasteiger partial charge in [0.15, 0.2) is 5.65 Å². The quantitative estimate of drug-likeness (QED) is 0.479. The third-order valence-electron chi connectivity index (χ3n) is 6.29. The summed E-state index contributed by atoms with van der Waals surface area (Å²) in [6.07, 6.45) is 5.90. The van der Waals surface area contributed by atoms with Crippen LogP contribution in [0.15, 0.2) is 79.3 Å². The van der Waals surface area contributed by atoms with Crippen molar-refractivity contribution >= 4 is 16.6 Å². The Morgan fingerprint density at radius 2 is 1.73 bits per heavy atom. The summed E-state index contributed by atoms with van der Waals surface area (Å²) < 4.78 is 1.93. The maximum absolute atomic E-state index is 6.35. The van der Waals surface area contributed by atoms with E-state index in [0.717, 1.165) is 46.2 Å². The molecule has 0 bridgehead atoms. The smallest absolute Gasteiger partial charge is 0.170 e. The number of nitrogens with zero attached hydrogens (tertiary/aromatic N) is 4. The van der Waals surface area contributed by atoms with E-state index in [4.69, 9.17) is 10.7 Å². The van der Waals surface area contributed by atoms with E-state index < -0.39 is 0 Å². The van der Waals surface area contributed by atoms with E-state index in [1.54, 1.807) is 6.33 Å². The molecule has 1 saturated carbocycles. The molecule has 6 rings (SSSR count). The fraction of sp³-hybridized carbons (Fsp3) is 0.160. The first-order chi connectivity index (χ1) is 14.8. The van der Waals surface area contributed by atoms with Crippen LogP contribution >= 0.6 is 0 Å². The van der Waals surface area contributed by atoms with Gasteiger partial charge in [-0.1, -0.05) is 54.6 Å². The van der Waals surface area contributed by atoms with Crippen LogP contribution in [0.25, 0.3) is 38.9 Å². The number of rotatable bonds is 3. The predicted octanol–water partition coefficient (Wildman–Crippen LogP) is 4.82. The van der Waals surface area contributed by atoms with Crippen molar-refractivity contribution in [2.45, 2.75) is 24.8 Å². The van der Waals surface area contributed by atoms with E-state index in [9.17, 15) is 0 Å². The van der Waals surface area contributed by atoms with Gasteiger partial charge < -0.3 is 5.73 Å². The summed E-state index contributed by atoms with van der Waals surface area (Å²) in [6, 6.07) is 23.5. The highest BCUT2D eigenvalue weighted by Crippen LogP contribution is 2.43. The molecular weight excluding hydrogens is 370 g/mol. The molecule has 146 valence electrons. The zero-order chi connectivity index (χ0) is 20.1. The van der Waals surface area contributed by atoms with Gasteiger partial charge in [0.25, 0.3) is 0 Å². The van der Waals surface area contributed by atoms with Crippen molar-refractivity contribution in [2.24, 2.45) is 5.73 Å². The maximum atomic E-state index is 6.35. The summed E-state index contributed by atoms with van der Waals surface area (Å²) in [6.45, 7) is 0. The van der Waals surface area contributed by atoms with Crippen LogP contribution in [0, 0.1) is 0 Å². The van der Waals surface area contributed by atoms with E-state index in [-0.39, 0.29) is 6.04 Å². The first-order valence-electron chi connectivity index (χ1n) is 10.3. The van der Waals surface area contributed by atoms with Gasteiger partial charge in [0.1, 0.15) is 6.33 Å². The predicted molar refractivity (Wildman–Crippen MR) is 119 cm³/mol. The molecule has 0 radical (unpaired) electrons. The summed E-state index contributed by atoms with van der Waals surface area (Å²) in [5, 5.41) is 9.38. The molecule has 1 aliphatic carbocycles. The molecule has 1 fully saturated rings. The number of hydrogen-bond donors (Lipinski definition) is 1. The monoisotopic (exact) mass is 391 g/mol. The van der Waals surface area contributed by atoms with Crippen LogP contribution in [0.5, 0.6) is 0 Å². The van der Waals surface area contributed by atoms with Crippen LogP contribution in [0.3, 0.4) is 0 Å². The normalized spacial score (nSPS) is 18.6. The first-order valence-corrected chi connectivity index (χ1v) is 10.3. The molecule has 2 N–H and O–H groups in total. The van der Waals surface area contributed by atoms with E-state index in [0.29, 0.717) is 5.92 Å². The Balaban J connectivity index is 1.67. The number of benzene rings is 2. The van der Waals surface area contributed by atoms with Crippen molar-refractivity contribution in [1.82, 2.24) is 19.6 Å². The van der Waals surface area contributed by atoms with E-state index in [1.807, 2.05) is 22.7 Å². The molecule has 1 aliphatic rings. The molecule has 2 unspecified atom stereocenters. The molecule has 3 heterocycles. The number of nitrogens with two attached hydrogens (primary N) is 1. The number of fused-ring (bicyclic) bond motifs is 3. The summed E-state index contributed by atoms with van der Waals surface area (Å²) >= 11 is 0. The minimum atomic E-state index is 0.224. The third kappa shape index (κ3) is 2.63. The largest absolute Gasteiger partial charge is 0.327 e. The Labute approximate surface area is 174 Å². The molecule has 0 saturated heterocycles. The van der Waals surface area contributed by atoms with Crippen LogP contribution in [0.1, 0.15) is 24.3 Å². The fourth-order valence-electron chi connectivity index (χ4n) is 4.52. The van der Waals surface area contributed by atoms with Gasteiger partial charge in [-0.2, -0.15) is 0 Å². The van der Waals surface area contributed by atoms with Crippen molar-refractivity contribution in [3.05, 3.63) is 84.8 Å². The second-order valence-corrected chi connectivity index (χ2v) is 8.00. The van der Waals surface area contributed by atoms with Gasteiger partial charge in [-0.05, 0) is 42.0 Å². The average molecular weight is 391 g/mol. The molecule has 30 heavy (non-hydrogen) atoms. The molecular formula is C25H21N5. The SMILES string of the molecule is NC1CCC1c1ccccc1-c1nc2ccn3cnnc3c2cc1-c1ccccc1. The standard InChI is InChI=1S/C25H21N5/c26-22-11-10-18(22)17-8-4-5-9-19(17)24-20(16-6-2-1-3-7-16)14-21-23(28-24)12-13-30-15-27-29-25(21)30/h1-9,12-15,18,22H,10-11,26H2. The zero-order valence-corrected chi connectivity index (χ0v) is 16.4. The highest BCUT2D eigenvalue weighted by Gasteiger charge is 2.31. The fourth-order valence-corrected chi connectivity index (χ4v) is 4.52. The van der Waals surface area contributed by atoms with Crippen LogP contribution < -0.4 is 5.73 Å². The first kappa shape index (κ1) is 17.3. The van der Waals surface area contributed by atoms with Crippen LogP contribution in [-0.2, 0) is 0 Å². The lowest BCUT2D eigenvalue weighted by molar-refractivity contribution is 0.347. The van der Waals surface area contributed by atoms with Crippen molar-refractivity contribution in [1.29, 1.82) is 0 Å². The Bertz CT molecular complexity index is 1370. The Morgan fingerprint density at radius 1 is 0.900 bits per heavy atom. The van der Waals surface area contributed by atoms with Crippen molar-refractivity contribution in [2.75, 3.05) is 0 Å². The molecule has 2 atom stereocenters. The summed E-state index contributed by atoms with van der Waals surface area (Å²) in [4.78, 5) is 5.16. The lowest BCUT2D eigenvalue weighted by Gasteiger charge is -2.35. The van der Waals surface area contributed by atoms with E-state index in [1.165, 1.54) is 11.1 Å². The van der Waals surface area contributed by atoms with Crippen molar-refractivity contribution < 1.29 is 0 Å². The Hall–Kier alpha value is -3.57. The van der Waals surface area contributed by atoms with Crippen molar-refractivity contribution in [3.63, 3.8) is 0 Å². The Morgan fingerprint density at radius 3 is 2.53 bits per heavy atom. The molecule has 2 aromatic carbocycles. The molecule has 0 aliphatic heterocycles. The van der Waals surface area contributed by atoms with E-state index in [2.05, 4.69) is 64.8 Å². The number of hydrogen-bond acceptors (Lipinski definition) is 4. The second-order valence-electron chi connectivity index (χ2n) is 8.00. The van der Waals surface area contributed by atoms with Gasteiger partial charge in [-0.3, -0.25) is 4.40 Å². The summed E-state index contributed by atoms with van der Waals surface area (Å²) in [5.74, 6) is 0.390. The van der Waals surface area contributed by atoms with Gasteiger partial charge in [0, 0.05) is 28.8 Å². The van der Waals surface area contributed by atoms with E-state index >= 15 is 0 Å². The molecule has 0 spiro atoms. The zero-order valence-electron chi connectivity index (χ0n) is 16.4. The number of aromatic nitrogens is 4. The Kier molecular flexibility index (Phi) is 3.89. The van der Waals surface area contributed by atoms with Gasteiger partial charge in [0.05, 0.1) is 11.2 Å². The molecule has 5 heteroatoms.